The first-order chi connectivity index (χ1) is 9.95. The molecule has 0 saturated carbocycles. The lowest BCUT2D eigenvalue weighted by Crippen LogP contribution is -2.40. The first kappa shape index (κ1) is 17.5. The monoisotopic (exact) mass is 310 g/mol. The van der Waals surface area contributed by atoms with Crippen LogP contribution in [0.2, 0.25) is 5.02 Å². The summed E-state index contributed by atoms with van der Waals surface area (Å²) < 4.78 is 0. The molecule has 0 radical (unpaired) electrons. The maximum atomic E-state index is 11.9. The van der Waals surface area contributed by atoms with Crippen LogP contribution in [0.1, 0.15) is 38.7 Å². The van der Waals surface area contributed by atoms with E-state index >= 15 is 0 Å². The second-order valence-electron chi connectivity index (χ2n) is 5.09. The maximum Gasteiger partial charge on any atom is 0.240 e. The molecule has 1 N–H and O–H groups in total. The number of rotatable bonds is 7. The Morgan fingerprint density at radius 3 is 2.57 bits per heavy atom. The first-order valence-electron chi connectivity index (χ1n) is 7.26. The SMILES string of the molecule is CCCCCNC(=O)CN(C(C)=O)c1ccc(Cl)cc1C. The average molecular weight is 311 g/mol. The van der Waals surface area contributed by atoms with Gasteiger partial charge in [0.05, 0.1) is 0 Å². The van der Waals surface area contributed by atoms with Crippen LogP contribution in [0.4, 0.5) is 5.69 Å². The van der Waals surface area contributed by atoms with E-state index in [2.05, 4.69) is 12.2 Å². The third kappa shape index (κ3) is 5.76. The third-order valence-electron chi connectivity index (χ3n) is 3.23. The Hall–Kier alpha value is -1.55. The van der Waals surface area contributed by atoms with Crippen molar-refractivity contribution in [1.82, 2.24) is 5.32 Å². The average Bonchev–Trinajstić information content (AvgIpc) is 2.41. The molecule has 21 heavy (non-hydrogen) atoms. The summed E-state index contributed by atoms with van der Waals surface area (Å²) in [7, 11) is 0. The normalized spacial score (nSPS) is 10.3. The predicted molar refractivity (Wildman–Crippen MR) is 86.8 cm³/mol. The Bertz CT molecular complexity index is 503. The van der Waals surface area contributed by atoms with Crippen LogP contribution in [-0.2, 0) is 9.59 Å². The number of anilines is 1. The number of halogens is 1. The van der Waals surface area contributed by atoms with Crippen molar-refractivity contribution in [2.24, 2.45) is 0 Å². The van der Waals surface area contributed by atoms with Crippen molar-refractivity contribution in [2.75, 3.05) is 18.0 Å². The predicted octanol–water partition coefficient (Wildman–Crippen LogP) is 3.31. The van der Waals surface area contributed by atoms with Crippen molar-refractivity contribution < 1.29 is 9.59 Å². The highest BCUT2D eigenvalue weighted by atomic mass is 35.5. The van der Waals surface area contributed by atoms with Crippen molar-refractivity contribution in [1.29, 1.82) is 0 Å². The molecule has 0 aliphatic rings. The van der Waals surface area contributed by atoms with Crippen LogP contribution in [0, 0.1) is 6.92 Å². The van der Waals surface area contributed by atoms with Gasteiger partial charge in [-0.25, -0.2) is 0 Å². The molecule has 5 heteroatoms. The molecule has 0 heterocycles. The zero-order valence-electron chi connectivity index (χ0n) is 12.9. The van der Waals surface area contributed by atoms with Crippen molar-refractivity contribution in [3.63, 3.8) is 0 Å². The van der Waals surface area contributed by atoms with Crippen LogP contribution in [-0.4, -0.2) is 24.9 Å². The van der Waals surface area contributed by atoms with Crippen LogP contribution in [0.3, 0.4) is 0 Å². The maximum absolute atomic E-state index is 11.9. The lowest BCUT2D eigenvalue weighted by Gasteiger charge is -2.22. The van der Waals surface area contributed by atoms with Gasteiger partial charge in [-0.2, -0.15) is 0 Å². The highest BCUT2D eigenvalue weighted by Gasteiger charge is 2.17. The van der Waals surface area contributed by atoms with Crippen LogP contribution < -0.4 is 10.2 Å². The van der Waals surface area contributed by atoms with Gasteiger partial charge < -0.3 is 10.2 Å². The molecule has 1 rings (SSSR count). The minimum Gasteiger partial charge on any atom is -0.355 e. The van der Waals surface area contributed by atoms with Crippen molar-refractivity contribution >= 4 is 29.1 Å². The molecule has 0 aromatic heterocycles. The zero-order valence-corrected chi connectivity index (χ0v) is 13.7. The van der Waals surface area contributed by atoms with E-state index in [4.69, 9.17) is 11.6 Å². The summed E-state index contributed by atoms with van der Waals surface area (Å²) in [6.07, 6.45) is 3.16. The van der Waals surface area contributed by atoms with Crippen LogP contribution >= 0.6 is 11.6 Å². The Kier molecular flexibility index (Phi) is 7.23. The van der Waals surface area contributed by atoms with E-state index in [0.29, 0.717) is 11.6 Å². The van der Waals surface area contributed by atoms with Gasteiger partial charge in [-0.15, -0.1) is 0 Å². The zero-order chi connectivity index (χ0) is 15.8. The quantitative estimate of drug-likeness (QED) is 0.786. The smallest absolute Gasteiger partial charge is 0.240 e. The lowest BCUT2D eigenvalue weighted by atomic mass is 10.1. The minimum absolute atomic E-state index is 0.0317. The van der Waals surface area contributed by atoms with E-state index in [-0.39, 0.29) is 18.4 Å². The molecule has 0 unspecified atom stereocenters. The first-order valence-corrected chi connectivity index (χ1v) is 7.64. The van der Waals surface area contributed by atoms with Gasteiger partial charge in [-0.3, -0.25) is 9.59 Å². The van der Waals surface area contributed by atoms with Gasteiger partial charge in [0.2, 0.25) is 11.8 Å². The summed E-state index contributed by atoms with van der Waals surface area (Å²) >= 11 is 5.92. The number of nitrogens with zero attached hydrogens (tertiary/aromatic N) is 1. The molecule has 0 aliphatic heterocycles. The van der Waals surface area contributed by atoms with E-state index in [1.807, 2.05) is 6.92 Å². The second kappa shape index (κ2) is 8.67. The fraction of sp³-hybridized carbons (Fsp3) is 0.500. The molecule has 0 bridgehead atoms. The fourth-order valence-corrected chi connectivity index (χ4v) is 2.32. The second-order valence-corrected chi connectivity index (χ2v) is 5.53. The fourth-order valence-electron chi connectivity index (χ4n) is 2.09. The van der Waals surface area contributed by atoms with Gasteiger partial charge in [-0.1, -0.05) is 31.4 Å². The Labute approximate surface area is 131 Å². The summed E-state index contributed by atoms with van der Waals surface area (Å²) in [5, 5.41) is 3.46. The number of amides is 2. The number of nitrogens with one attached hydrogen (secondary N) is 1. The molecule has 4 nitrogen and oxygen atoms in total. The highest BCUT2D eigenvalue weighted by molar-refractivity contribution is 6.30. The van der Waals surface area contributed by atoms with E-state index < -0.39 is 0 Å². The van der Waals surface area contributed by atoms with Crippen LogP contribution in [0.15, 0.2) is 18.2 Å². The Morgan fingerprint density at radius 2 is 2.00 bits per heavy atom. The minimum atomic E-state index is -0.163. The number of hydrogen-bond donors (Lipinski definition) is 1. The molecule has 0 aliphatic carbocycles. The van der Waals surface area contributed by atoms with Gasteiger partial charge >= 0.3 is 0 Å². The molecule has 2 amide bonds. The van der Waals surface area contributed by atoms with E-state index in [0.717, 1.165) is 30.5 Å². The molecule has 116 valence electrons. The van der Waals surface area contributed by atoms with E-state index in [9.17, 15) is 9.59 Å². The number of carbonyl (C=O) groups is 2. The van der Waals surface area contributed by atoms with E-state index in [1.165, 1.54) is 11.8 Å². The van der Waals surface area contributed by atoms with Gasteiger partial charge in [-0.05, 0) is 37.1 Å². The van der Waals surface area contributed by atoms with Gasteiger partial charge in [0.1, 0.15) is 6.54 Å². The number of carbonyl (C=O) groups excluding carboxylic acids is 2. The van der Waals surface area contributed by atoms with Gasteiger partial charge in [0.25, 0.3) is 0 Å². The molecule has 1 aromatic rings. The highest BCUT2D eigenvalue weighted by Crippen LogP contribution is 2.23. The van der Waals surface area contributed by atoms with E-state index in [1.54, 1.807) is 18.2 Å². The topological polar surface area (TPSA) is 49.4 Å². The molecule has 1 aromatic carbocycles. The molecule has 0 fully saturated rings. The molecule has 0 spiro atoms. The summed E-state index contributed by atoms with van der Waals surface area (Å²) in [6.45, 7) is 6.12. The number of benzene rings is 1. The van der Waals surface area contributed by atoms with Crippen molar-refractivity contribution in [2.45, 2.75) is 40.0 Å². The summed E-state index contributed by atoms with van der Waals surface area (Å²) in [5.74, 6) is -0.306. The largest absolute Gasteiger partial charge is 0.355 e. The van der Waals surface area contributed by atoms with Crippen molar-refractivity contribution in [3.05, 3.63) is 28.8 Å². The summed E-state index contributed by atoms with van der Waals surface area (Å²) in [5.41, 5.74) is 1.59. The van der Waals surface area contributed by atoms with Crippen LogP contribution in [0.25, 0.3) is 0 Å². The Balaban J connectivity index is 2.70. The summed E-state index contributed by atoms with van der Waals surface area (Å²) in [4.78, 5) is 25.2. The molecule has 0 atom stereocenters. The molecular formula is C16H23ClN2O2. The summed E-state index contributed by atoms with van der Waals surface area (Å²) in [6, 6.07) is 5.27. The van der Waals surface area contributed by atoms with Crippen LogP contribution in [0.5, 0.6) is 0 Å². The number of unbranched alkanes of at least 4 members (excludes halogenated alkanes) is 2. The third-order valence-corrected chi connectivity index (χ3v) is 3.47. The van der Waals surface area contributed by atoms with Gasteiger partial charge in [0.15, 0.2) is 0 Å². The number of hydrogen-bond acceptors (Lipinski definition) is 2. The number of aryl methyl sites for hydroxylation is 1. The lowest BCUT2D eigenvalue weighted by molar-refractivity contribution is -0.123. The Morgan fingerprint density at radius 1 is 1.29 bits per heavy atom. The molecular weight excluding hydrogens is 288 g/mol. The van der Waals surface area contributed by atoms with Gasteiger partial charge in [0, 0.05) is 24.2 Å². The standard InChI is InChI=1S/C16H23ClN2O2/c1-4-5-6-9-18-16(21)11-19(13(3)20)15-8-7-14(17)10-12(15)2/h7-8,10H,4-6,9,11H2,1-3H3,(H,18,21). The van der Waals surface area contributed by atoms with Crippen molar-refractivity contribution in [3.8, 4) is 0 Å². The molecule has 0 saturated heterocycles.